The second-order valence-corrected chi connectivity index (χ2v) is 3.42. The second kappa shape index (κ2) is 8.75. The van der Waals surface area contributed by atoms with Gasteiger partial charge < -0.3 is 10.8 Å². The van der Waals surface area contributed by atoms with Gasteiger partial charge in [-0.1, -0.05) is 32.3 Å². The Morgan fingerprint density at radius 2 is 2.07 bits per heavy atom. The number of hydrogen-bond donors (Lipinski definition) is 2. The number of amides is 1. The Morgan fingerprint density at radius 3 is 2.57 bits per heavy atom. The van der Waals surface area contributed by atoms with Gasteiger partial charge in [-0.3, -0.25) is 4.79 Å². The molecule has 0 saturated heterocycles. The summed E-state index contributed by atoms with van der Waals surface area (Å²) in [5.74, 6) is -0.352. The molecule has 3 N–H and O–H groups in total. The smallest absolute Gasteiger partial charge is 0.244 e. The molecule has 1 amide bonds. The Bertz CT molecular complexity index is 188. The zero-order valence-corrected chi connectivity index (χ0v) is 8.96. The average molecular weight is 199 g/mol. The van der Waals surface area contributed by atoms with Crippen molar-refractivity contribution in [2.45, 2.75) is 45.4 Å². The minimum Gasteiger partial charge on any atom is -0.396 e. The maximum Gasteiger partial charge on any atom is 0.244 e. The molecule has 0 radical (unpaired) electrons. The largest absolute Gasteiger partial charge is 0.396 e. The van der Waals surface area contributed by atoms with Gasteiger partial charge in [0.1, 0.15) is 0 Å². The predicted octanol–water partition coefficient (Wildman–Crippen LogP) is 1.75. The first kappa shape index (κ1) is 13.2. The van der Waals surface area contributed by atoms with Crippen molar-refractivity contribution < 1.29 is 9.90 Å². The van der Waals surface area contributed by atoms with Crippen molar-refractivity contribution >= 4 is 5.91 Å². The third-order valence-corrected chi connectivity index (χ3v) is 2.14. The molecule has 0 atom stereocenters. The Balaban J connectivity index is 3.80. The number of unbranched alkanes of at least 4 members (excludes halogenated alkanes) is 3. The van der Waals surface area contributed by atoms with Crippen molar-refractivity contribution in [2.75, 3.05) is 6.61 Å². The van der Waals surface area contributed by atoms with E-state index in [9.17, 15) is 4.79 Å². The minimum absolute atomic E-state index is 0.0751. The standard InChI is InChI=1S/C11H21NO2/c1-2-3-4-5-7-10(11(12)14)8-6-9-13/h8,13H,2-7,9H2,1H3,(H2,12,14). The lowest BCUT2D eigenvalue weighted by Crippen LogP contribution is -2.14. The highest BCUT2D eigenvalue weighted by atomic mass is 16.2. The normalized spacial score (nSPS) is 11.7. The quantitative estimate of drug-likeness (QED) is 0.462. The van der Waals surface area contributed by atoms with Crippen molar-refractivity contribution in [3.63, 3.8) is 0 Å². The lowest BCUT2D eigenvalue weighted by Gasteiger charge is -2.02. The molecule has 0 spiro atoms. The van der Waals surface area contributed by atoms with Gasteiger partial charge in [0.05, 0.1) is 0 Å². The Labute approximate surface area is 86.0 Å². The molecule has 0 aromatic carbocycles. The van der Waals surface area contributed by atoms with Crippen LogP contribution in [0.15, 0.2) is 11.6 Å². The van der Waals surface area contributed by atoms with Crippen molar-refractivity contribution in [3.05, 3.63) is 11.6 Å². The van der Waals surface area contributed by atoms with Crippen LogP contribution in [0.1, 0.15) is 45.4 Å². The van der Waals surface area contributed by atoms with E-state index in [0.717, 1.165) is 19.3 Å². The van der Waals surface area contributed by atoms with Crippen LogP contribution in [-0.4, -0.2) is 17.6 Å². The van der Waals surface area contributed by atoms with Gasteiger partial charge in [-0.05, 0) is 19.3 Å². The molecule has 0 unspecified atom stereocenters. The fourth-order valence-corrected chi connectivity index (χ4v) is 1.31. The fraction of sp³-hybridized carbons (Fsp3) is 0.727. The van der Waals surface area contributed by atoms with Gasteiger partial charge >= 0.3 is 0 Å². The number of aliphatic hydroxyl groups excluding tert-OH is 1. The molecule has 82 valence electrons. The number of rotatable bonds is 8. The summed E-state index contributed by atoms with van der Waals surface area (Å²) in [7, 11) is 0. The first-order valence-corrected chi connectivity index (χ1v) is 5.32. The Morgan fingerprint density at radius 1 is 1.36 bits per heavy atom. The van der Waals surface area contributed by atoms with Crippen molar-refractivity contribution in [1.29, 1.82) is 0 Å². The number of primary amides is 1. The lowest BCUT2D eigenvalue weighted by atomic mass is 10.1. The Hall–Kier alpha value is -0.830. The van der Waals surface area contributed by atoms with Crippen LogP contribution in [0.5, 0.6) is 0 Å². The number of carbonyl (C=O) groups excluding carboxylic acids is 1. The minimum atomic E-state index is -0.352. The van der Waals surface area contributed by atoms with Gasteiger partial charge in [-0.25, -0.2) is 0 Å². The summed E-state index contributed by atoms with van der Waals surface area (Å²) in [4.78, 5) is 10.9. The molecule has 0 rings (SSSR count). The number of hydrogen-bond acceptors (Lipinski definition) is 2. The van der Waals surface area contributed by atoms with Crippen LogP contribution in [0.3, 0.4) is 0 Å². The molecular weight excluding hydrogens is 178 g/mol. The summed E-state index contributed by atoms with van der Waals surface area (Å²) < 4.78 is 0. The summed E-state index contributed by atoms with van der Waals surface area (Å²) in [6, 6.07) is 0. The van der Waals surface area contributed by atoms with E-state index in [1.165, 1.54) is 12.8 Å². The Kier molecular flexibility index (Phi) is 8.24. The average Bonchev–Trinajstić information content (AvgIpc) is 2.16. The van der Waals surface area contributed by atoms with E-state index in [2.05, 4.69) is 6.92 Å². The van der Waals surface area contributed by atoms with Crippen LogP contribution in [-0.2, 0) is 4.79 Å². The molecule has 0 fully saturated rings. The SMILES string of the molecule is CCCCCCC(=CCCO)C(N)=O. The van der Waals surface area contributed by atoms with Gasteiger partial charge in [-0.2, -0.15) is 0 Å². The molecular formula is C11H21NO2. The number of nitrogens with two attached hydrogens (primary N) is 1. The first-order valence-electron chi connectivity index (χ1n) is 5.32. The zero-order valence-electron chi connectivity index (χ0n) is 8.96. The molecule has 0 aliphatic carbocycles. The fourth-order valence-electron chi connectivity index (χ4n) is 1.31. The van der Waals surface area contributed by atoms with Crippen LogP contribution < -0.4 is 5.73 Å². The predicted molar refractivity (Wildman–Crippen MR) is 57.7 cm³/mol. The molecule has 0 aromatic heterocycles. The summed E-state index contributed by atoms with van der Waals surface area (Å²) in [6.45, 7) is 2.22. The summed E-state index contributed by atoms with van der Waals surface area (Å²) in [6.07, 6.45) is 7.54. The third-order valence-electron chi connectivity index (χ3n) is 2.14. The van der Waals surface area contributed by atoms with Gasteiger partial charge in [-0.15, -0.1) is 0 Å². The maximum atomic E-state index is 10.9. The van der Waals surface area contributed by atoms with E-state index >= 15 is 0 Å². The lowest BCUT2D eigenvalue weighted by molar-refractivity contribution is -0.114. The van der Waals surface area contributed by atoms with E-state index < -0.39 is 0 Å². The molecule has 14 heavy (non-hydrogen) atoms. The molecule has 3 nitrogen and oxygen atoms in total. The third kappa shape index (κ3) is 6.66. The monoisotopic (exact) mass is 199 g/mol. The summed E-state index contributed by atoms with van der Waals surface area (Å²) >= 11 is 0. The van der Waals surface area contributed by atoms with Crippen LogP contribution in [0, 0.1) is 0 Å². The first-order chi connectivity index (χ1) is 6.72. The van der Waals surface area contributed by atoms with Gasteiger partial charge in [0.15, 0.2) is 0 Å². The summed E-state index contributed by atoms with van der Waals surface area (Å²) in [5.41, 5.74) is 5.87. The van der Waals surface area contributed by atoms with Crippen LogP contribution in [0.4, 0.5) is 0 Å². The van der Waals surface area contributed by atoms with Crippen LogP contribution >= 0.6 is 0 Å². The highest BCUT2D eigenvalue weighted by Crippen LogP contribution is 2.10. The molecule has 0 heterocycles. The topological polar surface area (TPSA) is 63.3 Å². The molecule has 3 heteroatoms. The molecule has 0 aromatic rings. The van der Waals surface area contributed by atoms with Gasteiger partial charge in [0.2, 0.25) is 5.91 Å². The van der Waals surface area contributed by atoms with Crippen molar-refractivity contribution in [3.8, 4) is 0 Å². The van der Waals surface area contributed by atoms with E-state index in [0.29, 0.717) is 12.0 Å². The second-order valence-electron chi connectivity index (χ2n) is 3.42. The maximum absolute atomic E-state index is 10.9. The number of carbonyl (C=O) groups is 1. The molecule has 0 bridgehead atoms. The van der Waals surface area contributed by atoms with E-state index in [4.69, 9.17) is 10.8 Å². The van der Waals surface area contributed by atoms with E-state index in [-0.39, 0.29) is 12.5 Å². The van der Waals surface area contributed by atoms with Crippen molar-refractivity contribution in [2.24, 2.45) is 5.73 Å². The van der Waals surface area contributed by atoms with Gasteiger partial charge in [0.25, 0.3) is 0 Å². The molecule has 0 aliphatic rings. The van der Waals surface area contributed by atoms with E-state index in [1.54, 1.807) is 6.08 Å². The van der Waals surface area contributed by atoms with Crippen LogP contribution in [0.2, 0.25) is 0 Å². The van der Waals surface area contributed by atoms with Crippen molar-refractivity contribution in [1.82, 2.24) is 0 Å². The van der Waals surface area contributed by atoms with Gasteiger partial charge in [0, 0.05) is 12.2 Å². The highest BCUT2D eigenvalue weighted by molar-refractivity contribution is 5.91. The molecule has 0 saturated carbocycles. The van der Waals surface area contributed by atoms with E-state index in [1.807, 2.05) is 0 Å². The van der Waals surface area contributed by atoms with Crippen LogP contribution in [0.25, 0.3) is 0 Å². The number of aliphatic hydroxyl groups is 1. The summed E-state index contributed by atoms with van der Waals surface area (Å²) in [5, 5.41) is 8.61. The molecule has 0 aliphatic heterocycles. The zero-order chi connectivity index (χ0) is 10.8. The highest BCUT2D eigenvalue weighted by Gasteiger charge is 2.03.